The minimum Gasteiger partial charge on any atom is -0.456 e. The average molecular weight is 1090 g/mol. The molecular weight excluding hydrogens is 1040 g/mol. The Balaban J connectivity index is 0.753. The molecule has 2 heterocycles. The Labute approximate surface area is 492 Å². The van der Waals surface area contributed by atoms with E-state index in [-0.39, 0.29) is 0 Å². The van der Waals surface area contributed by atoms with Gasteiger partial charge in [0.1, 0.15) is 22.3 Å². The first-order valence-corrected chi connectivity index (χ1v) is 29.5. The summed E-state index contributed by atoms with van der Waals surface area (Å²) in [6.07, 6.45) is 0. The summed E-state index contributed by atoms with van der Waals surface area (Å²) in [5.74, 6) is 0. The molecule has 0 unspecified atom stereocenters. The topological polar surface area (TPSA) is 32.8 Å². The van der Waals surface area contributed by atoms with Gasteiger partial charge < -0.3 is 18.6 Å². The predicted octanol–water partition coefficient (Wildman–Crippen LogP) is 24.0. The Kier molecular flexibility index (Phi) is 9.86. The molecule has 0 aliphatic carbocycles. The van der Waals surface area contributed by atoms with E-state index < -0.39 is 0 Å². The number of rotatable bonds is 6. The second kappa shape index (κ2) is 18.0. The smallest absolute Gasteiger partial charge is 0.136 e. The molecule has 0 radical (unpaired) electrons. The van der Waals surface area contributed by atoms with Crippen molar-refractivity contribution in [3.8, 4) is 0 Å². The number of hydrogen-bond acceptors (Lipinski definition) is 4. The zero-order valence-electron chi connectivity index (χ0n) is 46.4. The van der Waals surface area contributed by atoms with Crippen molar-refractivity contribution in [2.75, 3.05) is 9.80 Å². The SMILES string of the molecule is c1ccc2c(c1)ccc1ccc(N(c3ccc4cc5c(cc4c3)oc3ccc4oc6cc7cc(N(c8ccc9ccc%10ccccc%10c9c8)c8ccc9ccc%10ccccc%10c9c8)ccc7cc6c4c35)c3ccc4ccc5ccccc5c4c3)cc12. The number of fused-ring (bicyclic) bond motifs is 21. The van der Waals surface area contributed by atoms with Crippen LogP contribution in [0.5, 0.6) is 0 Å². The third kappa shape index (κ3) is 7.17. The van der Waals surface area contributed by atoms with Gasteiger partial charge in [0.25, 0.3) is 0 Å². The first kappa shape index (κ1) is 47.1. The van der Waals surface area contributed by atoms with Crippen LogP contribution in [0.15, 0.2) is 300 Å². The lowest BCUT2D eigenvalue weighted by Crippen LogP contribution is -2.10. The Morgan fingerprint density at radius 1 is 0.163 bits per heavy atom. The second-order valence-corrected chi connectivity index (χ2v) is 23.2. The predicted molar refractivity (Wildman–Crippen MR) is 365 cm³/mol. The summed E-state index contributed by atoms with van der Waals surface area (Å²) in [6, 6.07) is 107. The van der Waals surface area contributed by atoms with Gasteiger partial charge in [-0.15, -0.1) is 0 Å². The van der Waals surface area contributed by atoms with Crippen LogP contribution in [-0.2, 0) is 0 Å². The van der Waals surface area contributed by atoms with E-state index in [1.54, 1.807) is 0 Å². The number of benzene rings is 17. The third-order valence-corrected chi connectivity index (χ3v) is 18.4. The van der Waals surface area contributed by atoms with E-state index in [0.717, 1.165) is 99.5 Å². The molecule has 0 atom stereocenters. The maximum Gasteiger partial charge on any atom is 0.136 e. The fraction of sp³-hybridized carbons (Fsp3) is 0. The van der Waals surface area contributed by atoms with Gasteiger partial charge in [-0.05, 0) is 217 Å². The maximum atomic E-state index is 6.89. The zero-order chi connectivity index (χ0) is 56.1. The van der Waals surface area contributed by atoms with Crippen molar-refractivity contribution in [1.29, 1.82) is 0 Å². The van der Waals surface area contributed by atoms with Gasteiger partial charge in [0.2, 0.25) is 0 Å². The second-order valence-electron chi connectivity index (χ2n) is 23.2. The zero-order valence-corrected chi connectivity index (χ0v) is 46.4. The number of nitrogens with zero attached hydrogens (tertiary/aromatic N) is 2. The van der Waals surface area contributed by atoms with Crippen molar-refractivity contribution < 1.29 is 8.83 Å². The highest BCUT2D eigenvalue weighted by Crippen LogP contribution is 2.47. The molecule has 398 valence electrons. The van der Waals surface area contributed by atoms with Gasteiger partial charge in [-0.2, -0.15) is 0 Å². The average Bonchev–Trinajstić information content (AvgIpc) is 1.75. The molecule has 0 fully saturated rings. The summed E-state index contributed by atoms with van der Waals surface area (Å²) < 4.78 is 13.8. The molecule has 17 aromatic carbocycles. The van der Waals surface area contributed by atoms with Crippen LogP contribution in [0.3, 0.4) is 0 Å². The Bertz CT molecular complexity index is 5520. The lowest BCUT2D eigenvalue weighted by atomic mass is 9.98. The summed E-state index contributed by atoms with van der Waals surface area (Å²) in [7, 11) is 0. The summed E-state index contributed by atoms with van der Waals surface area (Å²) in [4.78, 5) is 4.82. The third-order valence-electron chi connectivity index (χ3n) is 18.4. The molecule has 0 saturated heterocycles. The highest BCUT2D eigenvalue weighted by Gasteiger charge is 2.22. The minimum absolute atomic E-state index is 0.830. The molecule has 2 aromatic heterocycles. The highest BCUT2D eigenvalue weighted by molar-refractivity contribution is 6.28. The van der Waals surface area contributed by atoms with Crippen LogP contribution < -0.4 is 9.80 Å². The van der Waals surface area contributed by atoms with Gasteiger partial charge in [0, 0.05) is 55.7 Å². The van der Waals surface area contributed by atoms with Gasteiger partial charge in [-0.1, -0.05) is 182 Å². The first-order chi connectivity index (χ1) is 42.5. The lowest BCUT2D eigenvalue weighted by molar-refractivity contribution is 0.663. The number of furan rings is 2. The molecule has 0 N–H and O–H groups in total. The lowest BCUT2D eigenvalue weighted by Gasteiger charge is -2.27. The van der Waals surface area contributed by atoms with E-state index in [1.807, 2.05) is 0 Å². The van der Waals surface area contributed by atoms with E-state index in [9.17, 15) is 0 Å². The quantitative estimate of drug-likeness (QED) is 0.155. The number of anilines is 6. The largest absolute Gasteiger partial charge is 0.456 e. The Morgan fingerprint density at radius 2 is 0.419 bits per heavy atom. The van der Waals surface area contributed by atoms with Crippen molar-refractivity contribution in [2.45, 2.75) is 0 Å². The molecule has 0 aliphatic heterocycles. The monoisotopic (exact) mass is 1090 g/mol. The van der Waals surface area contributed by atoms with Crippen LogP contribution in [-0.4, -0.2) is 0 Å². The molecule has 0 saturated carbocycles. The van der Waals surface area contributed by atoms with Gasteiger partial charge >= 0.3 is 0 Å². The van der Waals surface area contributed by atoms with Crippen LogP contribution >= 0.6 is 0 Å². The summed E-state index contributed by atoms with van der Waals surface area (Å²) in [6.45, 7) is 0. The van der Waals surface area contributed by atoms with Crippen molar-refractivity contribution in [3.05, 3.63) is 291 Å². The molecule has 4 nitrogen and oxygen atoms in total. The summed E-state index contributed by atoms with van der Waals surface area (Å²) in [5.41, 5.74) is 9.80. The van der Waals surface area contributed by atoms with E-state index >= 15 is 0 Å². The molecule has 19 aromatic rings. The van der Waals surface area contributed by atoms with E-state index in [4.69, 9.17) is 8.83 Å². The van der Waals surface area contributed by atoms with Gasteiger partial charge in [0.05, 0.1) is 0 Å². The van der Waals surface area contributed by atoms with Crippen LogP contribution in [0.25, 0.3) is 152 Å². The van der Waals surface area contributed by atoms with Gasteiger partial charge in [0.15, 0.2) is 0 Å². The van der Waals surface area contributed by atoms with Crippen molar-refractivity contribution in [2.24, 2.45) is 0 Å². The highest BCUT2D eigenvalue weighted by atomic mass is 16.3. The Hall–Kier alpha value is -11.5. The van der Waals surface area contributed by atoms with E-state index in [0.29, 0.717) is 0 Å². The molecular formula is C82H48N2O2. The first-order valence-electron chi connectivity index (χ1n) is 29.5. The maximum absolute atomic E-state index is 6.89. The molecule has 0 amide bonds. The minimum atomic E-state index is 0.830. The van der Waals surface area contributed by atoms with Gasteiger partial charge in [-0.3, -0.25) is 0 Å². The molecule has 4 heteroatoms. The number of hydrogen-bond donors (Lipinski definition) is 0. The molecule has 0 spiro atoms. The molecule has 86 heavy (non-hydrogen) atoms. The Morgan fingerprint density at radius 3 is 0.733 bits per heavy atom. The summed E-state index contributed by atoms with van der Waals surface area (Å²) >= 11 is 0. The standard InChI is InChI=1S/C82H48N2O2/c1-5-13-67-49(9-1)17-21-53-25-31-63(45-71(53)67)83(64-32-26-54-22-18-50-10-2-6-14-68(50)72(54)46-64)61-35-29-57-41-75-79(43-59(57)39-61)85-77-37-38-78-82(81(75)77)76-42-58-30-36-62(40-60(58)44-80(76)86-78)84(65-33-27-55-23-19-51-11-3-7-15-69(51)73(55)47-65)66-34-28-56-24-20-52-12-4-8-16-70(52)74(56)48-66/h1-48H. The molecule has 0 bridgehead atoms. The van der Waals surface area contributed by atoms with Crippen molar-refractivity contribution in [1.82, 2.24) is 0 Å². The van der Waals surface area contributed by atoms with E-state index in [1.165, 1.54) is 86.2 Å². The van der Waals surface area contributed by atoms with Crippen molar-refractivity contribution >= 4 is 186 Å². The molecule has 19 rings (SSSR count). The van der Waals surface area contributed by atoms with Crippen LogP contribution in [0.1, 0.15) is 0 Å². The van der Waals surface area contributed by atoms with E-state index in [2.05, 4.69) is 301 Å². The normalized spacial score (nSPS) is 12.2. The fourth-order valence-corrected chi connectivity index (χ4v) is 14.3. The fourth-order valence-electron chi connectivity index (χ4n) is 14.3. The van der Waals surface area contributed by atoms with Crippen LogP contribution in [0.2, 0.25) is 0 Å². The van der Waals surface area contributed by atoms with Gasteiger partial charge in [-0.25, -0.2) is 0 Å². The summed E-state index contributed by atoms with van der Waals surface area (Å²) in [5, 5.41) is 28.3. The van der Waals surface area contributed by atoms with Crippen LogP contribution in [0.4, 0.5) is 34.1 Å². The molecule has 0 aliphatic rings. The van der Waals surface area contributed by atoms with Crippen molar-refractivity contribution in [3.63, 3.8) is 0 Å². The van der Waals surface area contributed by atoms with Crippen LogP contribution in [0, 0.1) is 0 Å².